The van der Waals surface area contributed by atoms with Crippen molar-refractivity contribution in [3.63, 3.8) is 0 Å². The molecule has 1 unspecified atom stereocenters. The van der Waals surface area contributed by atoms with Crippen LogP contribution >= 0.6 is 22.9 Å². The van der Waals surface area contributed by atoms with Gasteiger partial charge in [-0.2, -0.15) is 0 Å². The molecular formula is C24H32ClN3O3S. The molecule has 3 rings (SSSR count). The highest BCUT2D eigenvalue weighted by Gasteiger charge is 2.40. The van der Waals surface area contributed by atoms with Gasteiger partial charge in [0.2, 0.25) is 5.91 Å². The van der Waals surface area contributed by atoms with Crippen molar-refractivity contribution in [1.29, 1.82) is 0 Å². The van der Waals surface area contributed by atoms with Crippen LogP contribution in [0.15, 0.2) is 29.6 Å². The molecule has 0 saturated carbocycles. The lowest BCUT2D eigenvalue weighted by Gasteiger charge is -2.45. The number of halogens is 1. The van der Waals surface area contributed by atoms with E-state index in [4.69, 9.17) is 16.3 Å². The second kappa shape index (κ2) is 10.2. The number of nitrogens with zero attached hydrogens (tertiary/aromatic N) is 2. The fourth-order valence-electron chi connectivity index (χ4n) is 4.38. The summed E-state index contributed by atoms with van der Waals surface area (Å²) in [4.78, 5) is 31.4. The number of rotatable bonds is 7. The van der Waals surface area contributed by atoms with Gasteiger partial charge in [-0.15, -0.1) is 11.3 Å². The molecule has 0 aliphatic carbocycles. The first kappa shape index (κ1) is 24.5. The molecule has 1 saturated heterocycles. The molecule has 1 aliphatic heterocycles. The summed E-state index contributed by atoms with van der Waals surface area (Å²) in [5.41, 5.74) is 1.85. The van der Waals surface area contributed by atoms with Crippen LogP contribution in [0.1, 0.15) is 51.3 Å². The van der Waals surface area contributed by atoms with Crippen molar-refractivity contribution in [2.24, 2.45) is 11.3 Å². The smallest absolute Gasteiger partial charge is 0.311 e. The number of hydrogen-bond donors (Lipinski definition) is 1. The van der Waals surface area contributed by atoms with Crippen LogP contribution in [0.25, 0.3) is 0 Å². The zero-order chi connectivity index (χ0) is 23.5. The molecule has 1 N–H and O–H groups in total. The van der Waals surface area contributed by atoms with Crippen LogP contribution < -0.4 is 5.32 Å². The number of likely N-dealkylation sites (tertiary alicyclic amines) is 1. The summed E-state index contributed by atoms with van der Waals surface area (Å²) in [6.45, 7) is 9.92. The number of anilines is 1. The van der Waals surface area contributed by atoms with Gasteiger partial charge >= 0.3 is 5.97 Å². The fourth-order valence-corrected chi connectivity index (χ4v) is 5.25. The maximum Gasteiger partial charge on any atom is 0.311 e. The number of ether oxygens (including phenoxy) is 1. The van der Waals surface area contributed by atoms with Gasteiger partial charge in [0.25, 0.3) is 0 Å². The zero-order valence-electron chi connectivity index (χ0n) is 19.4. The molecule has 6 nitrogen and oxygen atoms in total. The average Bonchev–Trinajstić information content (AvgIpc) is 3.18. The maximum atomic E-state index is 13.5. The maximum absolute atomic E-state index is 13.5. The predicted octanol–water partition coefficient (Wildman–Crippen LogP) is 4.99. The minimum absolute atomic E-state index is 0.0574. The molecule has 1 aromatic heterocycles. The van der Waals surface area contributed by atoms with Crippen molar-refractivity contribution < 1.29 is 14.3 Å². The molecule has 1 aromatic carbocycles. The van der Waals surface area contributed by atoms with Crippen molar-refractivity contribution in [1.82, 2.24) is 9.88 Å². The van der Waals surface area contributed by atoms with Gasteiger partial charge < -0.3 is 15.0 Å². The second-order valence-electron chi connectivity index (χ2n) is 9.40. The third-order valence-electron chi connectivity index (χ3n) is 6.13. The molecule has 2 atom stereocenters. The number of thiazole rings is 1. The van der Waals surface area contributed by atoms with Crippen molar-refractivity contribution >= 4 is 39.9 Å². The monoisotopic (exact) mass is 477 g/mol. The highest BCUT2D eigenvalue weighted by atomic mass is 35.5. The number of amides is 1. The summed E-state index contributed by atoms with van der Waals surface area (Å²) < 4.78 is 4.70. The lowest BCUT2D eigenvalue weighted by molar-refractivity contribution is -0.140. The Hall–Kier alpha value is -2.12. The Balaban J connectivity index is 1.69. The highest BCUT2D eigenvalue weighted by molar-refractivity contribution is 7.13. The quantitative estimate of drug-likeness (QED) is 0.569. The second-order valence-corrected chi connectivity index (χ2v) is 10.7. The van der Waals surface area contributed by atoms with E-state index in [0.717, 1.165) is 11.4 Å². The van der Waals surface area contributed by atoms with E-state index in [1.807, 2.05) is 36.3 Å². The number of piperidine rings is 1. The topological polar surface area (TPSA) is 71.5 Å². The van der Waals surface area contributed by atoms with Crippen molar-refractivity contribution in [3.05, 3.63) is 45.9 Å². The van der Waals surface area contributed by atoms with Crippen LogP contribution in [0.2, 0.25) is 5.02 Å². The zero-order valence-corrected chi connectivity index (χ0v) is 20.9. The molecule has 1 amide bonds. The number of nitrogens with one attached hydrogen (secondary N) is 1. The number of esters is 1. The lowest BCUT2D eigenvalue weighted by atomic mass is 9.70. The summed E-state index contributed by atoms with van der Waals surface area (Å²) in [6.07, 6.45) is 1.03. The Labute approximate surface area is 199 Å². The Morgan fingerprint density at radius 2 is 2.00 bits per heavy atom. The number of carbonyl (C=O) groups excluding carboxylic acids is 2. The van der Waals surface area contributed by atoms with Gasteiger partial charge in [-0.3, -0.25) is 9.59 Å². The third-order valence-corrected chi connectivity index (χ3v) is 7.20. The van der Waals surface area contributed by atoms with Crippen LogP contribution in [0.5, 0.6) is 0 Å². The Kier molecular flexibility index (Phi) is 7.83. The van der Waals surface area contributed by atoms with E-state index < -0.39 is 0 Å². The molecule has 174 valence electrons. The SMILES string of the molecule is COC(=O)Cc1csc(N[C@@H](C(=O)N2CCC(c3ccc(Cl)cc3)C(C)(C)C2)C(C)C)n1. The van der Waals surface area contributed by atoms with E-state index in [2.05, 4.69) is 36.3 Å². The first-order valence-corrected chi connectivity index (χ1v) is 12.2. The summed E-state index contributed by atoms with van der Waals surface area (Å²) in [7, 11) is 1.36. The Morgan fingerprint density at radius 1 is 1.31 bits per heavy atom. The first-order valence-electron chi connectivity index (χ1n) is 10.9. The largest absolute Gasteiger partial charge is 0.469 e. The number of methoxy groups -OCH3 is 1. The van der Waals surface area contributed by atoms with Crippen LogP contribution in [-0.2, 0) is 20.7 Å². The number of hydrogen-bond acceptors (Lipinski definition) is 6. The summed E-state index contributed by atoms with van der Waals surface area (Å²) in [6, 6.07) is 7.69. The van der Waals surface area contributed by atoms with E-state index in [1.54, 1.807) is 0 Å². The Morgan fingerprint density at radius 3 is 2.59 bits per heavy atom. The molecule has 8 heteroatoms. The van der Waals surface area contributed by atoms with Crippen molar-refractivity contribution in [2.75, 3.05) is 25.5 Å². The lowest BCUT2D eigenvalue weighted by Crippen LogP contribution is -2.53. The predicted molar refractivity (Wildman–Crippen MR) is 129 cm³/mol. The molecule has 0 spiro atoms. The molecule has 32 heavy (non-hydrogen) atoms. The van der Waals surface area contributed by atoms with E-state index in [-0.39, 0.29) is 35.7 Å². The number of benzene rings is 1. The van der Waals surface area contributed by atoms with Crippen LogP contribution in [-0.4, -0.2) is 48.0 Å². The molecule has 0 bridgehead atoms. The normalized spacial score (nSPS) is 19.0. The molecule has 0 radical (unpaired) electrons. The van der Waals surface area contributed by atoms with Gasteiger partial charge in [-0.25, -0.2) is 4.98 Å². The molecular weight excluding hydrogens is 446 g/mol. The van der Waals surface area contributed by atoms with Gasteiger partial charge in [-0.05, 0) is 41.4 Å². The molecule has 1 aliphatic rings. The summed E-state index contributed by atoms with van der Waals surface area (Å²) in [5, 5.41) is 6.52. The van der Waals surface area contributed by atoms with E-state index in [0.29, 0.717) is 29.8 Å². The van der Waals surface area contributed by atoms with Crippen LogP contribution in [0.4, 0.5) is 5.13 Å². The first-order chi connectivity index (χ1) is 15.1. The van der Waals surface area contributed by atoms with Crippen molar-refractivity contribution in [2.45, 2.75) is 52.5 Å². The van der Waals surface area contributed by atoms with E-state index in [1.165, 1.54) is 24.0 Å². The van der Waals surface area contributed by atoms with E-state index in [9.17, 15) is 9.59 Å². The number of aromatic nitrogens is 1. The third kappa shape index (κ3) is 5.81. The van der Waals surface area contributed by atoms with Gasteiger partial charge in [0, 0.05) is 23.5 Å². The van der Waals surface area contributed by atoms with Crippen molar-refractivity contribution in [3.8, 4) is 0 Å². The minimum Gasteiger partial charge on any atom is -0.469 e. The van der Waals surface area contributed by atoms with Gasteiger partial charge in [-0.1, -0.05) is 51.4 Å². The standard InChI is InChI=1S/C24H32ClN3O3S/c1-15(2)21(27-23-26-18(13-32-23)12-20(29)31-5)22(30)28-11-10-19(24(3,4)14-28)16-6-8-17(25)9-7-16/h6-9,13,15,19,21H,10-12,14H2,1-5H3,(H,26,27)/t19?,21-/m1/s1. The highest BCUT2D eigenvalue weighted by Crippen LogP contribution is 2.42. The molecule has 2 heterocycles. The average molecular weight is 478 g/mol. The van der Waals surface area contributed by atoms with Crippen LogP contribution in [0.3, 0.4) is 0 Å². The van der Waals surface area contributed by atoms with E-state index >= 15 is 0 Å². The minimum atomic E-state index is -0.380. The molecule has 2 aromatic rings. The van der Waals surface area contributed by atoms with Gasteiger partial charge in [0.1, 0.15) is 6.04 Å². The Bertz CT molecular complexity index is 942. The van der Waals surface area contributed by atoms with Gasteiger partial charge in [0.15, 0.2) is 5.13 Å². The molecule has 1 fully saturated rings. The summed E-state index contributed by atoms with van der Waals surface area (Å²) in [5.74, 6) is 0.221. The number of carbonyl (C=O) groups is 2. The van der Waals surface area contributed by atoms with Gasteiger partial charge in [0.05, 0.1) is 19.2 Å². The summed E-state index contributed by atoms with van der Waals surface area (Å²) >= 11 is 7.46. The van der Waals surface area contributed by atoms with Crippen LogP contribution in [0, 0.1) is 11.3 Å². The fraction of sp³-hybridized carbons (Fsp3) is 0.542.